The number of Topliss-reactive ketones (excluding diaryl/α,β-unsaturated/α-hetero) is 2. The molecule has 0 heterocycles. The Morgan fingerprint density at radius 3 is 2.05 bits per heavy atom. The summed E-state index contributed by atoms with van der Waals surface area (Å²) >= 11 is 0. The van der Waals surface area contributed by atoms with Crippen LogP contribution in [0.15, 0.2) is 0 Å². The zero-order valence-electron chi connectivity index (χ0n) is 11.6. The summed E-state index contributed by atoms with van der Waals surface area (Å²) in [5.41, 5.74) is 10.8. The number of hydrogen-bond acceptors (Lipinski definition) is 9. The number of carbonyl (C=O) groups is 2. The third kappa shape index (κ3) is 6.14. The van der Waals surface area contributed by atoms with Crippen LogP contribution in [0, 0.1) is 0 Å². The normalized spacial score (nSPS) is 18.6. The second-order valence-corrected chi connectivity index (χ2v) is 4.78. The fourth-order valence-corrected chi connectivity index (χ4v) is 1.64. The molecule has 124 valence electrons. The summed E-state index contributed by atoms with van der Waals surface area (Å²) < 4.78 is 0. The van der Waals surface area contributed by atoms with E-state index in [1.54, 1.807) is 0 Å². The summed E-state index contributed by atoms with van der Waals surface area (Å²) in [6.45, 7) is -0.472. The highest BCUT2D eigenvalue weighted by Crippen LogP contribution is 2.08. The van der Waals surface area contributed by atoms with Crippen LogP contribution in [-0.4, -0.2) is 80.7 Å². The second-order valence-electron chi connectivity index (χ2n) is 4.78. The van der Waals surface area contributed by atoms with Crippen molar-refractivity contribution in [3.63, 3.8) is 0 Å². The minimum Gasteiger partial charge on any atom is -0.394 e. The van der Waals surface area contributed by atoms with Crippen molar-refractivity contribution in [2.45, 2.75) is 49.7 Å². The summed E-state index contributed by atoms with van der Waals surface area (Å²) in [5, 5.41) is 46.1. The van der Waals surface area contributed by atoms with Gasteiger partial charge in [0.15, 0.2) is 17.7 Å². The van der Waals surface area contributed by atoms with Gasteiger partial charge in [-0.3, -0.25) is 9.59 Å². The number of aliphatic hydroxyl groups is 5. The van der Waals surface area contributed by atoms with Gasteiger partial charge in [0.1, 0.15) is 18.3 Å². The van der Waals surface area contributed by atoms with Gasteiger partial charge in [0.05, 0.1) is 12.6 Å². The van der Waals surface area contributed by atoms with Crippen LogP contribution in [0.2, 0.25) is 0 Å². The Hall–Kier alpha value is -0.940. The topological polar surface area (TPSA) is 187 Å². The Morgan fingerprint density at radius 2 is 1.57 bits per heavy atom. The van der Waals surface area contributed by atoms with Gasteiger partial charge in [0.2, 0.25) is 0 Å². The van der Waals surface area contributed by atoms with E-state index in [4.69, 9.17) is 21.7 Å². The zero-order chi connectivity index (χ0) is 16.6. The first-order valence-corrected chi connectivity index (χ1v) is 6.64. The molecule has 0 aromatic rings. The van der Waals surface area contributed by atoms with Crippen molar-refractivity contribution in [2.75, 3.05) is 13.2 Å². The lowest BCUT2D eigenvalue weighted by atomic mass is 9.94. The Kier molecular flexibility index (Phi) is 9.46. The van der Waals surface area contributed by atoms with Gasteiger partial charge in [-0.2, -0.15) is 0 Å². The lowest BCUT2D eigenvalue weighted by Gasteiger charge is -2.23. The van der Waals surface area contributed by atoms with Crippen molar-refractivity contribution in [1.29, 1.82) is 0 Å². The molecule has 0 aliphatic heterocycles. The van der Waals surface area contributed by atoms with Crippen LogP contribution >= 0.6 is 0 Å². The molecule has 0 radical (unpaired) electrons. The highest BCUT2D eigenvalue weighted by molar-refractivity contribution is 6.08. The molecule has 0 fully saturated rings. The van der Waals surface area contributed by atoms with Crippen LogP contribution in [0.1, 0.15) is 19.3 Å². The van der Waals surface area contributed by atoms with Crippen LogP contribution < -0.4 is 11.5 Å². The molecule has 0 spiro atoms. The maximum Gasteiger partial charge on any atom is 0.200 e. The molecule has 0 rings (SSSR count). The number of hydrogen-bond donors (Lipinski definition) is 7. The second kappa shape index (κ2) is 9.90. The minimum atomic E-state index is -2.21. The molecule has 0 aromatic heterocycles. The summed E-state index contributed by atoms with van der Waals surface area (Å²) in [7, 11) is 0. The molecule has 0 aromatic carbocycles. The molecule has 9 N–H and O–H groups in total. The van der Waals surface area contributed by atoms with Gasteiger partial charge < -0.3 is 37.0 Å². The fourth-order valence-electron chi connectivity index (χ4n) is 1.64. The van der Waals surface area contributed by atoms with Gasteiger partial charge in [-0.15, -0.1) is 0 Å². The van der Waals surface area contributed by atoms with E-state index in [9.17, 15) is 24.9 Å². The molecular formula is C12H24N2O7. The van der Waals surface area contributed by atoms with Gasteiger partial charge in [0, 0.05) is 0 Å². The van der Waals surface area contributed by atoms with Crippen LogP contribution in [-0.2, 0) is 9.59 Å². The summed E-state index contributed by atoms with van der Waals surface area (Å²) in [6.07, 6.45) is -6.80. The molecule has 9 nitrogen and oxygen atoms in total. The first-order chi connectivity index (χ1) is 9.77. The Balaban J connectivity index is 4.57. The van der Waals surface area contributed by atoms with E-state index >= 15 is 0 Å². The number of rotatable bonds is 11. The van der Waals surface area contributed by atoms with Crippen molar-refractivity contribution in [3.05, 3.63) is 0 Å². The molecular weight excluding hydrogens is 284 g/mol. The molecule has 0 bridgehead atoms. The van der Waals surface area contributed by atoms with Gasteiger partial charge in [-0.05, 0) is 19.4 Å². The maximum absolute atomic E-state index is 11.7. The minimum absolute atomic E-state index is 0.221. The van der Waals surface area contributed by atoms with Crippen molar-refractivity contribution in [2.24, 2.45) is 11.5 Å². The highest BCUT2D eigenvalue weighted by Gasteiger charge is 2.37. The van der Waals surface area contributed by atoms with E-state index in [0.29, 0.717) is 19.4 Å². The Morgan fingerprint density at radius 1 is 1.00 bits per heavy atom. The SMILES string of the molecule is NCCCC[C@H](N)C(=O)C(O)C(=O)[C@@H](O)[C@H](O)[C@H](O)CO. The fraction of sp³-hybridized carbons (Fsp3) is 0.833. The van der Waals surface area contributed by atoms with Crippen molar-refractivity contribution < 1.29 is 35.1 Å². The molecule has 0 saturated heterocycles. The zero-order valence-corrected chi connectivity index (χ0v) is 11.6. The number of carbonyl (C=O) groups excluding carboxylic acids is 2. The van der Waals surface area contributed by atoms with Crippen LogP contribution in [0.3, 0.4) is 0 Å². The average molecular weight is 308 g/mol. The maximum atomic E-state index is 11.7. The first kappa shape index (κ1) is 20.1. The van der Waals surface area contributed by atoms with E-state index in [0.717, 1.165) is 0 Å². The summed E-state index contributed by atoms with van der Waals surface area (Å²) in [6, 6.07) is -1.09. The lowest BCUT2D eigenvalue weighted by molar-refractivity contribution is -0.153. The number of ketones is 2. The summed E-state index contributed by atoms with van der Waals surface area (Å²) in [4.78, 5) is 23.3. The number of unbranched alkanes of at least 4 members (excludes halogenated alkanes) is 1. The van der Waals surface area contributed by atoms with Crippen LogP contribution in [0.25, 0.3) is 0 Å². The van der Waals surface area contributed by atoms with E-state index in [1.807, 2.05) is 0 Å². The molecule has 5 atom stereocenters. The third-order valence-electron chi connectivity index (χ3n) is 3.07. The summed E-state index contributed by atoms with van der Waals surface area (Å²) in [5.74, 6) is -2.36. The monoisotopic (exact) mass is 308 g/mol. The van der Waals surface area contributed by atoms with E-state index in [2.05, 4.69) is 0 Å². The van der Waals surface area contributed by atoms with Gasteiger partial charge >= 0.3 is 0 Å². The highest BCUT2D eigenvalue weighted by atomic mass is 16.4. The molecule has 0 amide bonds. The lowest BCUT2D eigenvalue weighted by Crippen LogP contribution is -2.51. The molecule has 0 aliphatic rings. The van der Waals surface area contributed by atoms with Gasteiger partial charge in [0.25, 0.3) is 0 Å². The number of aliphatic hydroxyl groups excluding tert-OH is 5. The Labute approximate surface area is 122 Å². The average Bonchev–Trinajstić information content (AvgIpc) is 2.50. The predicted octanol–water partition coefficient (Wildman–Crippen LogP) is -3.98. The first-order valence-electron chi connectivity index (χ1n) is 6.64. The predicted molar refractivity (Wildman–Crippen MR) is 72.0 cm³/mol. The van der Waals surface area contributed by atoms with Gasteiger partial charge in [-0.1, -0.05) is 6.42 Å². The van der Waals surface area contributed by atoms with Crippen molar-refractivity contribution in [3.8, 4) is 0 Å². The largest absolute Gasteiger partial charge is 0.394 e. The molecule has 21 heavy (non-hydrogen) atoms. The third-order valence-corrected chi connectivity index (χ3v) is 3.07. The van der Waals surface area contributed by atoms with Crippen LogP contribution in [0.5, 0.6) is 0 Å². The quantitative estimate of drug-likeness (QED) is 0.147. The smallest absolute Gasteiger partial charge is 0.200 e. The Bertz CT molecular complexity index is 340. The molecule has 9 heteroatoms. The van der Waals surface area contributed by atoms with Crippen molar-refractivity contribution >= 4 is 11.6 Å². The van der Waals surface area contributed by atoms with Gasteiger partial charge in [-0.25, -0.2) is 0 Å². The number of nitrogens with two attached hydrogens (primary N) is 2. The van der Waals surface area contributed by atoms with Crippen LogP contribution in [0.4, 0.5) is 0 Å². The molecule has 0 aliphatic carbocycles. The van der Waals surface area contributed by atoms with E-state index < -0.39 is 48.6 Å². The molecule has 1 unspecified atom stereocenters. The standard InChI is InChI=1S/C12H24N2O7/c13-4-2-1-3-6(14)8(17)10(19)12(21)11(20)9(18)7(16)5-15/h6-7,9-11,15-16,18-20H,1-5,13-14H2/t6-,7+,9+,10?,11-/m0/s1. The van der Waals surface area contributed by atoms with Crippen molar-refractivity contribution in [1.82, 2.24) is 0 Å². The molecule has 0 saturated carbocycles. The van der Waals surface area contributed by atoms with E-state index in [-0.39, 0.29) is 6.42 Å². The van der Waals surface area contributed by atoms with E-state index in [1.165, 1.54) is 0 Å².